The zero-order valence-corrected chi connectivity index (χ0v) is 8.72. The highest BCUT2D eigenvalue weighted by atomic mass is 15.3. The summed E-state index contributed by atoms with van der Waals surface area (Å²) < 4.78 is 1.89. The molecule has 2 rings (SSSR count). The van der Waals surface area contributed by atoms with Crippen LogP contribution in [-0.2, 0) is 6.54 Å². The summed E-state index contributed by atoms with van der Waals surface area (Å²) >= 11 is 0. The van der Waals surface area contributed by atoms with Crippen LogP contribution in [0.3, 0.4) is 0 Å². The summed E-state index contributed by atoms with van der Waals surface area (Å²) in [5.41, 5.74) is 1.16. The molecule has 0 amide bonds. The Morgan fingerprint density at radius 1 is 1.33 bits per heavy atom. The fourth-order valence-electron chi connectivity index (χ4n) is 1.46. The molecule has 0 saturated carbocycles. The minimum absolute atomic E-state index is 0.753. The van der Waals surface area contributed by atoms with Gasteiger partial charge in [0.15, 0.2) is 0 Å². The number of aromatic nitrogens is 3. The Bertz CT molecular complexity index is 408. The standard InChI is InChI=1S/C11H14N4/c1-2-12-11-10(5-3-6-13-11)9-15-8-4-7-14-15/h3-8H,2,9H2,1H3,(H,12,13). The van der Waals surface area contributed by atoms with Gasteiger partial charge in [-0.2, -0.15) is 5.10 Å². The van der Waals surface area contributed by atoms with E-state index in [0.717, 1.165) is 24.5 Å². The predicted octanol–water partition coefficient (Wildman–Crippen LogP) is 1.76. The molecule has 4 heteroatoms. The fraction of sp³-hybridized carbons (Fsp3) is 0.273. The van der Waals surface area contributed by atoms with Crippen LogP contribution in [0.25, 0.3) is 0 Å². The van der Waals surface area contributed by atoms with Gasteiger partial charge < -0.3 is 5.32 Å². The van der Waals surface area contributed by atoms with Crippen molar-refractivity contribution in [1.29, 1.82) is 0 Å². The molecule has 0 unspecified atom stereocenters. The molecule has 4 nitrogen and oxygen atoms in total. The second-order valence-electron chi connectivity index (χ2n) is 3.25. The largest absolute Gasteiger partial charge is 0.370 e. The summed E-state index contributed by atoms with van der Waals surface area (Å²) in [7, 11) is 0. The normalized spacial score (nSPS) is 10.2. The van der Waals surface area contributed by atoms with Gasteiger partial charge in [-0.25, -0.2) is 4.98 Å². The van der Waals surface area contributed by atoms with E-state index in [9.17, 15) is 0 Å². The van der Waals surface area contributed by atoms with Gasteiger partial charge in [-0.05, 0) is 19.1 Å². The monoisotopic (exact) mass is 202 g/mol. The Hall–Kier alpha value is -1.84. The second-order valence-corrected chi connectivity index (χ2v) is 3.25. The highest BCUT2D eigenvalue weighted by molar-refractivity contribution is 5.43. The van der Waals surface area contributed by atoms with Crippen molar-refractivity contribution in [3.05, 3.63) is 42.4 Å². The fourth-order valence-corrected chi connectivity index (χ4v) is 1.46. The first-order valence-corrected chi connectivity index (χ1v) is 5.05. The number of hydrogen-bond acceptors (Lipinski definition) is 3. The average Bonchev–Trinajstić information content (AvgIpc) is 2.74. The third-order valence-corrected chi connectivity index (χ3v) is 2.13. The van der Waals surface area contributed by atoms with Crippen LogP contribution in [0.4, 0.5) is 5.82 Å². The minimum Gasteiger partial charge on any atom is -0.370 e. The summed E-state index contributed by atoms with van der Waals surface area (Å²) in [5.74, 6) is 0.940. The van der Waals surface area contributed by atoms with Crippen molar-refractivity contribution in [2.75, 3.05) is 11.9 Å². The number of rotatable bonds is 4. The average molecular weight is 202 g/mol. The molecule has 15 heavy (non-hydrogen) atoms. The second kappa shape index (κ2) is 4.59. The molecule has 2 aromatic rings. The van der Waals surface area contributed by atoms with Crippen LogP contribution in [0.1, 0.15) is 12.5 Å². The van der Waals surface area contributed by atoms with Crippen molar-refractivity contribution < 1.29 is 0 Å². The highest BCUT2D eigenvalue weighted by Crippen LogP contribution is 2.12. The Kier molecular flexibility index (Phi) is 2.97. The molecule has 0 aromatic carbocycles. The van der Waals surface area contributed by atoms with E-state index in [2.05, 4.69) is 28.4 Å². The SMILES string of the molecule is CCNc1ncccc1Cn1cccn1. The number of hydrogen-bond donors (Lipinski definition) is 1. The van der Waals surface area contributed by atoms with Gasteiger partial charge in [-0.15, -0.1) is 0 Å². The number of pyridine rings is 1. The van der Waals surface area contributed by atoms with Crippen molar-refractivity contribution >= 4 is 5.82 Å². The summed E-state index contributed by atoms with van der Waals surface area (Å²) in [6.07, 6.45) is 5.52. The van der Waals surface area contributed by atoms with E-state index in [0.29, 0.717) is 0 Å². The first-order chi connectivity index (χ1) is 7.40. The lowest BCUT2D eigenvalue weighted by Crippen LogP contribution is -2.07. The van der Waals surface area contributed by atoms with Crippen LogP contribution in [-0.4, -0.2) is 21.3 Å². The van der Waals surface area contributed by atoms with E-state index in [1.165, 1.54) is 0 Å². The maximum Gasteiger partial charge on any atom is 0.130 e. The lowest BCUT2D eigenvalue weighted by Gasteiger charge is -2.08. The van der Waals surface area contributed by atoms with Crippen LogP contribution in [0.2, 0.25) is 0 Å². The maximum absolute atomic E-state index is 4.30. The van der Waals surface area contributed by atoms with Crippen LogP contribution in [0, 0.1) is 0 Å². The summed E-state index contributed by atoms with van der Waals surface area (Å²) in [5, 5.41) is 7.41. The Balaban J connectivity index is 2.20. The van der Waals surface area contributed by atoms with E-state index in [4.69, 9.17) is 0 Å². The third kappa shape index (κ3) is 2.34. The molecular weight excluding hydrogens is 188 g/mol. The van der Waals surface area contributed by atoms with Gasteiger partial charge in [-0.1, -0.05) is 6.07 Å². The lowest BCUT2D eigenvalue weighted by molar-refractivity contribution is 0.685. The zero-order valence-electron chi connectivity index (χ0n) is 8.72. The molecule has 2 heterocycles. The molecule has 0 fully saturated rings. The number of nitrogens with zero attached hydrogens (tertiary/aromatic N) is 3. The molecule has 0 aliphatic carbocycles. The topological polar surface area (TPSA) is 42.7 Å². The molecule has 0 aliphatic heterocycles. The quantitative estimate of drug-likeness (QED) is 0.821. The van der Waals surface area contributed by atoms with Gasteiger partial charge in [0.05, 0.1) is 6.54 Å². The van der Waals surface area contributed by atoms with Crippen molar-refractivity contribution in [2.45, 2.75) is 13.5 Å². The maximum atomic E-state index is 4.30. The summed E-state index contributed by atoms with van der Waals surface area (Å²) in [4.78, 5) is 4.30. The van der Waals surface area contributed by atoms with Gasteiger partial charge in [-0.3, -0.25) is 4.68 Å². The first kappa shape index (κ1) is 9.71. The predicted molar refractivity (Wildman–Crippen MR) is 59.7 cm³/mol. The van der Waals surface area contributed by atoms with E-state index in [-0.39, 0.29) is 0 Å². The highest BCUT2D eigenvalue weighted by Gasteiger charge is 2.02. The molecule has 2 aromatic heterocycles. The molecule has 0 bridgehead atoms. The number of nitrogens with one attached hydrogen (secondary N) is 1. The van der Waals surface area contributed by atoms with Crippen LogP contribution in [0.15, 0.2) is 36.8 Å². The minimum atomic E-state index is 0.753. The van der Waals surface area contributed by atoms with Crippen molar-refractivity contribution in [1.82, 2.24) is 14.8 Å². The van der Waals surface area contributed by atoms with Crippen LogP contribution in [0.5, 0.6) is 0 Å². The molecule has 0 spiro atoms. The van der Waals surface area contributed by atoms with Crippen LogP contribution < -0.4 is 5.32 Å². The van der Waals surface area contributed by atoms with E-state index < -0.39 is 0 Å². The van der Waals surface area contributed by atoms with Gasteiger partial charge >= 0.3 is 0 Å². The van der Waals surface area contributed by atoms with Gasteiger partial charge in [0.2, 0.25) is 0 Å². The molecular formula is C11H14N4. The molecule has 0 atom stereocenters. The van der Waals surface area contributed by atoms with Crippen LogP contribution >= 0.6 is 0 Å². The van der Waals surface area contributed by atoms with Gasteiger partial charge in [0.25, 0.3) is 0 Å². The third-order valence-electron chi connectivity index (χ3n) is 2.13. The van der Waals surface area contributed by atoms with E-state index >= 15 is 0 Å². The Labute approximate surface area is 89.0 Å². The van der Waals surface area contributed by atoms with Crippen molar-refractivity contribution in [2.24, 2.45) is 0 Å². The zero-order chi connectivity index (χ0) is 10.5. The number of anilines is 1. The van der Waals surface area contributed by atoms with E-state index in [1.807, 2.05) is 23.0 Å². The summed E-state index contributed by atoms with van der Waals surface area (Å²) in [6.45, 7) is 3.69. The molecule has 0 radical (unpaired) electrons. The van der Waals surface area contributed by atoms with Crippen molar-refractivity contribution in [3.8, 4) is 0 Å². The smallest absolute Gasteiger partial charge is 0.130 e. The molecule has 0 aliphatic rings. The van der Waals surface area contributed by atoms with Gasteiger partial charge in [0.1, 0.15) is 5.82 Å². The molecule has 78 valence electrons. The first-order valence-electron chi connectivity index (χ1n) is 5.05. The molecule has 1 N–H and O–H groups in total. The van der Waals surface area contributed by atoms with Crippen molar-refractivity contribution in [3.63, 3.8) is 0 Å². The van der Waals surface area contributed by atoms with E-state index in [1.54, 1.807) is 12.4 Å². The summed E-state index contributed by atoms with van der Waals surface area (Å²) in [6, 6.07) is 5.93. The van der Waals surface area contributed by atoms with Gasteiger partial charge in [0, 0.05) is 30.7 Å². The lowest BCUT2D eigenvalue weighted by atomic mass is 10.2. The Morgan fingerprint density at radius 3 is 3.00 bits per heavy atom. The Morgan fingerprint density at radius 2 is 2.27 bits per heavy atom. The molecule has 0 saturated heterocycles.